The molecule has 1 unspecified atom stereocenters. The highest BCUT2D eigenvalue weighted by atomic mass is 79.9. The van der Waals surface area contributed by atoms with Crippen molar-refractivity contribution < 1.29 is 9.53 Å². The molecule has 0 saturated heterocycles. The van der Waals surface area contributed by atoms with Crippen LogP contribution in [0.1, 0.15) is 10.6 Å². The van der Waals surface area contributed by atoms with Crippen LogP contribution in [-0.4, -0.2) is 5.43 Å². The lowest BCUT2D eigenvalue weighted by Crippen LogP contribution is -1.97. The van der Waals surface area contributed by atoms with E-state index in [9.17, 15) is 4.79 Å². The molecular formula is C8H6BrClO2. The summed E-state index contributed by atoms with van der Waals surface area (Å²) in [6.07, 6.45) is 0. The fourth-order valence-electron chi connectivity index (χ4n) is 0.754. The molecule has 2 nitrogen and oxygen atoms in total. The molecule has 12 heavy (non-hydrogen) atoms. The first kappa shape index (κ1) is 9.55. The van der Waals surface area contributed by atoms with Gasteiger partial charge in [-0.15, -0.1) is 0 Å². The van der Waals surface area contributed by atoms with Gasteiger partial charge in [0.05, 0.1) is 0 Å². The van der Waals surface area contributed by atoms with Gasteiger partial charge in [0.15, 0.2) is 5.01 Å². The molecule has 64 valence electrons. The Bertz CT molecular complexity index is 263. The van der Waals surface area contributed by atoms with Gasteiger partial charge in [-0.3, -0.25) is 0 Å². The summed E-state index contributed by atoms with van der Waals surface area (Å²) < 4.78 is 4.68. The van der Waals surface area contributed by atoms with E-state index in [4.69, 9.17) is 11.6 Å². The summed E-state index contributed by atoms with van der Waals surface area (Å²) in [7, 11) is 0. The van der Waals surface area contributed by atoms with Crippen molar-refractivity contribution in [1.82, 2.24) is 0 Å². The molecule has 0 saturated carbocycles. The Balaban J connectivity index is 2.65. The molecule has 0 aliphatic carbocycles. The van der Waals surface area contributed by atoms with E-state index in [-0.39, 0.29) is 0 Å². The fourth-order valence-corrected chi connectivity index (χ4v) is 1.43. The summed E-state index contributed by atoms with van der Waals surface area (Å²) in [6.45, 7) is 0. The van der Waals surface area contributed by atoms with Gasteiger partial charge in [0, 0.05) is 17.2 Å². The van der Waals surface area contributed by atoms with Gasteiger partial charge in [0.2, 0.25) is 0 Å². The standard InChI is InChI=1S/C8H6BrClO2/c9-7(12-8(10)11)6-4-2-1-3-5-6/h1-5,7H. The minimum absolute atomic E-state index is 0.469. The van der Waals surface area contributed by atoms with E-state index in [0.29, 0.717) is 0 Å². The van der Waals surface area contributed by atoms with Gasteiger partial charge >= 0.3 is 5.43 Å². The number of benzene rings is 1. The Kier molecular flexibility index (Phi) is 3.56. The SMILES string of the molecule is O=C(Cl)OC(Br)c1ccccc1. The molecular weight excluding hydrogens is 243 g/mol. The molecule has 1 rings (SSSR count). The predicted molar refractivity (Wildman–Crippen MR) is 50.4 cm³/mol. The Labute approximate surface area is 83.6 Å². The van der Waals surface area contributed by atoms with Crippen LogP contribution in [0.2, 0.25) is 0 Å². The van der Waals surface area contributed by atoms with E-state index in [1.54, 1.807) is 0 Å². The van der Waals surface area contributed by atoms with Crippen LogP contribution in [0.15, 0.2) is 30.3 Å². The van der Waals surface area contributed by atoms with Crippen molar-refractivity contribution in [3.8, 4) is 0 Å². The molecule has 0 aliphatic rings. The topological polar surface area (TPSA) is 26.3 Å². The van der Waals surface area contributed by atoms with E-state index in [1.165, 1.54) is 0 Å². The summed E-state index contributed by atoms with van der Waals surface area (Å²) in [5.74, 6) is 0. The molecule has 1 atom stereocenters. The Morgan fingerprint density at radius 3 is 2.50 bits per heavy atom. The molecule has 0 spiro atoms. The average molecular weight is 249 g/mol. The molecule has 0 fully saturated rings. The molecule has 0 heterocycles. The number of carbonyl (C=O) groups excluding carboxylic acids is 1. The second-order valence-corrected chi connectivity index (χ2v) is 3.22. The van der Waals surface area contributed by atoms with E-state index in [2.05, 4.69) is 20.7 Å². The summed E-state index contributed by atoms with van der Waals surface area (Å²) in [5.41, 5.74) is 0.0345. The molecule has 0 aromatic heterocycles. The van der Waals surface area contributed by atoms with E-state index in [0.717, 1.165) is 5.56 Å². The van der Waals surface area contributed by atoms with Crippen LogP contribution in [0.4, 0.5) is 4.79 Å². The van der Waals surface area contributed by atoms with Crippen LogP contribution >= 0.6 is 27.5 Å². The first-order chi connectivity index (χ1) is 5.70. The Morgan fingerprint density at radius 1 is 1.42 bits per heavy atom. The third-order valence-corrected chi connectivity index (χ3v) is 2.06. The predicted octanol–water partition coefficient (Wildman–Crippen LogP) is 3.46. The highest BCUT2D eigenvalue weighted by Crippen LogP contribution is 2.24. The summed E-state index contributed by atoms with van der Waals surface area (Å²) in [4.78, 5) is 10.3. The smallest absolute Gasteiger partial charge is 0.405 e. The van der Waals surface area contributed by atoms with E-state index >= 15 is 0 Å². The fraction of sp³-hybridized carbons (Fsp3) is 0.125. The summed E-state index contributed by atoms with van der Waals surface area (Å²) in [6, 6.07) is 9.25. The van der Waals surface area contributed by atoms with Crippen LogP contribution < -0.4 is 0 Å². The van der Waals surface area contributed by atoms with Gasteiger partial charge in [-0.05, 0) is 15.9 Å². The molecule has 1 aromatic carbocycles. The van der Waals surface area contributed by atoms with Crippen LogP contribution in [0.25, 0.3) is 0 Å². The number of alkyl halides is 1. The van der Waals surface area contributed by atoms with Crippen LogP contribution in [0.3, 0.4) is 0 Å². The van der Waals surface area contributed by atoms with E-state index < -0.39 is 10.4 Å². The number of halogens is 2. The van der Waals surface area contributed by atoms with Crippen LogP contribution in [-0.2, 0) is 4.74 Å². The van der Waals surface area contributed by atoms with Gasteiger partial charge in [0.1, 0.15) is 0 Å². The maximum atomic E-state index is 10.3. The minimum Gasteiger partial charge on any atom is -0.434 e. The summed E-state index contributed by atoms with van der Waals surface area (Å²) >= 11 is 8.19. The molecule has 0 amide bonds. The molecule has 0 N–H and O–H groups in total. The maximum absolute atomic E-state index is 10.3. The number of hydrogen-bond donors (Lipinski definition) is 0. The Hall–Kier alpha value is -0.540. The maximum Gasteiger partial charge on any atom is 0.405 e. The van der Waals surface area contributed by atoms with Gasteiger partial charge in [-0.25, -0.2) is 4.79 Å². The zero-order chi connectivity index (χ0) is 8.97. The van der Waals surface area contributed by atoms with Gasteiger partial charge in [0.25, 0.3) is 0 Å². The molecule has 4 heteroatoms. The first-order valence-electron chi connectivity index (χ1n) is 3.25. The monoisotopic (exact) mass is 248 g/mol. The van der Waals surface area contributed by atoms with Crippen LogP contribution in [0, 0.1) is 0 Å². The van der Waals surface area contributed by atoms with Crippen molar-refractivity contribution in [2.75, 3.05) is 0 Å². The Morgan fingerprint density at radius 2 is 2.00 bits per heavy atom. The van der Waals surface area contributed by atoms with E-state index in [1.807, 2.05) is 30.3 Å². The lowest BCUT2D eigenvalue weighted by Gasteiger charge is -2.07. The number of carbonyl (C=O) groups is 1. The highest BCUT2D eigenvalue weighted by Gasteiger charge is 2.09. The zero-order valence-corrected chi connectivity index (χ0v) is 8.38. The second-order valence-electron chi connectivity index (χ2n) is 2.08. The van der Waals surface area contributed by atoms with Crippen molar-refractivity contribution in [1.29, 1.82) is 0 Å². The number of ether oxygens (including phenoxy) is 1. The minimum atomic E-state index is -0.819. The van der Waals surface area contributed by atoms with Crippen molar-refractivity contribution in [3.05, 3.63) is 35.9 Å². The lowest BCUT2D eigenvalue weighted by atomic mass is 10.2. The van der Waals surface area contributed by atoms with Gasteiger partial charge in [-0.1, -0.05) is 30.3 Å². The normalized spacial score (nSPS) is 12.2. The first-order valence-corrected chi connectivity index (χ1v) is 4.54. The van der Waals surface area contributed by atoms with Crippen molar-refractivity contribution in [3.63, 3.8) is 0 Å². The zero-order valence-electron chi connectivity index (χ0n) is 6.04. The number of hydrogen-bond acceptors (Lipinski definition) is 2. The van der Waals surface area contributed by atoms with Crippen molar-refractivity contribution >= 4 is 33.0 Å². The van der Waals surface area contributed by atoms with Crippen LogP contribution in [0.5, 0.6) is 0 Å². The molecule has 0 aliphatic heterocycles. The number of rotatable bonds is 2. The largest absolute Gasteiger partial charge is 0.434 e. The van der Waals surface area contributed by atoms with Gasteiger partial charge in [-0.2, -0.15) is 0 Å². The molecule has 1 aromatic rings. The molecule has 0 radical (unpaired) electrons. The molecule has 0 bridgehead atoms. The average Bonchev–Trinajstić information content (AvgIpc) is 2.05. The van der Waals surface area contributed by atoms with Crippen molar-refractivity contribution in [2.24, 2.45) is 0 Å². The quantitative estimate of drug-likeness (QED) is 0.593. The van der Waals surface area contributed by atoms with Gasteiger partial charge < -0.3 is 4.74 Å². The third kappa shape index (κ3) is 2.83. The lowest BCUT2D eigenvalue weighted by molar-refractivity contribution is 0.165. The summed E-state index contributed by atoms with van der Waals surface area (Å²) in [5, 5.41) is -0.469. The highest BCUT2D eigenvalue weighted by molar-refractivity contribution is 9.09. The van der Waals surface area contributed by atoms with Crippen molar-refractivity contribution in [2.45, 2.75) is 5.01 Å². The second kappa shape index (κ2) is 4.48. The third-order valence-electron chi connectivity index (χ3n) is 1.26.